The molecule has 1 aromatic carbocycles. The van der Waals surface area contributed by atoms with E-state index >= 15 is 0 Å². The highest BCUT2D eigenvalue weighted by Gasteiger charge is 2.20. The third-order valence-electron chi connectivity index (χ3n) is 4.43. The van der Waals surface area contributed by atoms with Crippen LogP contribution in [0.4, 0.5) is 4.39 Å². The van der Waals surface area contributed by atoms with Crippen molar-refractivity contribution < 1.29 is 17.5 Å². The normalized spacial score (nSPS) is 16.5. The first-order chi connectivity index (χ1) is 12.9. The highest BCUT2D eigenvalue weighted by molar-refractivity contribution is 7.89. The van der Waals surface area contributed by atoms with E-state index in [1.165, 1.54) is 12.5 Å². The Morgan fingerprint density at radius 2 is 2.07 bits per heavy atom. The molecule has 1 aliphatic rings. The summed E-state index contributed by atoms with van der Waals surface area (Å²) in [6.45, 7) is 2.96. The van der Waals surface area contributed by atoms with Crippen LogP contribution in [0.5, 0.6) is 5.75 Å². The zero-order valence-electron chi connectivity index (χ0n) is 15.9. The first-order valence-corrected chi connectivity index (χ1v) is 10.9. The zero-order valence-corrected chi connectivity index (χ0v) is 16.7. The van der Waals surface area contributed by atoms with Gasteiger partial charge in [-0.05, 0) is 37.8 Å². The van der Waals surface area contributed by atoms with Crippen LogP contribution in [0.3, 0.4) is 0 Å². The number of nitrogens with one attached hydrogen (secondary N) is 3. The summed E-state index contributed by atoms with van der Waals surface area (Å²) in [6.07, 6.45) is 3.09. The van der Waals surface area contributed by atoms with Gasteiger partial charge in [-0.2, -0.15) is 0 Å². The Labute approximate surface area is 160 Å². The van der Waals surface area contributed by atoms with Gasteiger partial charge in [0.15, 0.2) is 17.5 Å². The Balaban J connectivity index is 1.66. The number of ether oxygens (including phenoxy) is 1. The lowest BCUT2D eigenvalue weighted by atomic mass is 9.86. The summed E-state index contributed by atoms with van der Waals surface area (Å²) in [5, 5.41) is 6.00. The smallest absolute Gasteiger partial charge is 0.213 e. The van der Waals surface area contributed by atoms with E-state index in [0.29, 0.717) is 25.0 Å². The van der Waals surface area contributed by atoms with Crippen LogP contribution in [0.25, 0.3) is 0 Å². The van der Waals surface area contributed by atoms with Crippen molar-refractivity contribution in [1.82, 2.24) is 15.4 Å². The highest BCUT2D eigenvalue weighted by Crippen LogP contribution is 2.25. The molecule has 0 saturated heterocycles. The van der Waals surface area contributed by atoms with Gasteiger partial charge in [0, 0.05) is 20.1 Å². The minimum atomic E-state index is -3.30. The van der Waals surface area contributed by atoms with Gasteiger partial charge in [0.25, 0.3) is 0 Å². The molecule has 1 saturated carbocycles. The van der Waals surface area contributed by atoms with Crippen LogP contribution in [0.15, 0.2) is 29.3 Å². The Hall–Kier alpha value is -1.87. The summed E-state index contributed by atoms with van der Waals surface area (Å²) in [5.74, 6) is 0.706. The second-order valence-corrected chi connectivity index (χ2v) is 8.63. The molecule has 0 bridgehead atoms. The summed E-state index contributed by atoms with van der Waals surface area (Å²) >= 11 is 0. The first kappa shape index (κ1) is 21.4. The average molecular weight is 401 g/mol. The minimum Gasteiger partial charge on any atom is -0.486 e. The summed E-state index contributed by atoms with van der Waals surface area (Å²) in [5.41, 5.74) is 0. The number of aliphatic imine (C=N–C) groups is 1. The maximum Gasteiger partial charge on any atom is 0.213 e. The molecular weight excluding hydrogens is 371 g/mol. The fourth-order valence-corrected chi connectivity index (χ4v) is 3.58. The van der Waals surface area contributed by atoms with Crippen molar-refractivity contribution in [1.29, 1.82) is 0 Å². The molecule has 0 aromatic heterocycles. The van der Waals surface area contributed by atoms with Gasteiger partial charge in [0.2, 0.25) is 10.0 Å². The number of nitrogens with zero attached hydrogens (tertiary/aromatic N) is 1. The van der Waals surface area contributed by atoms with Gasteiger partial charge in [0.1, 0.15) is 6.10 Å². The van der Waals surface area contributed by atoms with E-state index in [2.05, 4.69) is 20.3 Å². The largest absolute Gasteiger partial charge is 0.486 e. The van der Waals surface area contributed by atoms with Crippen LogP contribution in [-0.4, -0.2) is 52.9 Å². The lowest BCUT2D eigenvalue weighted by Gasteiger charge is -2.25. The molecule has 0 heterocycles. The lowest BCUT2D eigenvalue weighted by Crippen LogP contribution is -2.44. The topological polar surface area (TPSA) is 91.8 Å². The molecule has 27 heavy (non-hydrogen) atoms. The number of para-hydroxylation sites is 1. The number of hydrogen-bond acceptors (Lipinski definition) is 4. The van der Waals surface area contributed by atoms with Gasteiger partial charge in [-0.1, -0.05) is 18.6 Å². The molecule has 1 fully saturated rings. The van der Waals surface area contributed by atoms with E-state index in [-0.39, 0.29) is 24.2 Å². The highest BCUT2D eigenvalue weighted by atomic mass is 32.2. The van der Waals surface area contributed by atoms with Gasteiger partial charge in [0.05, 0.1) is 12.3 Å². The lowest BCUT2D eigenvalue weighted by molar-refractivity contribution is 0.214. The third kappa shape index (κ3) is 7.72. The van der Waals surface area contributed by atoms with Gasteiger partial charge >= 0.3 is 0 Å². The van der Waals surface area contributed by atoms with E-state index in [1.54, 1.807) is 25.2 Å². The number of guanidine groups is 1. The predicted molar refractivity (Wildman–Crippen MR) is 105 cm³/mol. The van der Waals surface area contributed by atoms with E-state index in [9.17, 15) is 12.8 Å². The molecule has 152 valence electrons. The zero-order chi connectivity index (χ0) is 19.7. The van der Waals surface area contributed by atoms with Gasteiger partial charge in [-0.3, -0.25) is 4.99 Å². The summed E-state index contributed by atoms with van der Waals surface area (Å²) < 4.78 is 45.7. The monoisotopic (exact) mass is 400 g/mol. The maximum absolute atomic E-state index is 13.6. The minimum absolute atomic E-state index is 0.0261. The molecule has 1 atom stereocenters. The Morgan fingerprint density at radius 3 is 2.70 bits per heavy atom. The SMILES string of the molecule is CN=C(NCCS(=O)(=O)NCC1CCC1)NCC(C)Oc1ccccc1F. The standard InChI is InChI=1S/C18H29FN4O3S/c1-14(26-17-9-4-3-8-16(17)19)12-22-18(20-2)21-10-11-27(24,25)23-13-15-6-5-7-15/h3-4,8-9,14-15,23H,5-7,10-13H2,1-2H3,(H2,20,21,22). The molecular formula is C18H29FN4O3S. The van der Waals surface area contributed by atoms with Gasteiger partial charge in [-0.15, -0.1) is 0 Å². The summed E-state index contributed by atoms with van der Waals surface area (Å²) in [7, 11) is -1.70. The van der Waals surface area contributed by atoms with E-state index in [0.717, 1.165) is 12.8 Å². The molecule has 7 nitrogen and oxygen atoms in total. The molecule has 1 aromatic rings. The summed E-state index contributed by atoms with van der Waals surface area (Å²) in [4.78, 5) is 4.05. The second kappa shape index (κ2) is 10.5. The third-order valence-corrected chi connectivity index (χ3v) is 5.77. The average Bonchev–Trinajstić information content (AvgIpc) is 2.58. The Bertz CT molecular complexity index is 723. The van der Waals surface area contributed by atoms with Crippen molar-refractivity contribution in [2.24, 2.45) is 10.9 Å². The van der Waals surface area contributed by atoms with Crippen molar-refractivity contribution in [3.05, 3.63) is 30.1 Å². The van der Waals surface area contributed by atoms with Crippen molar-refractivity contribution in [2.75, 3.05) is 32.4 Å². The van der Waals surface area contributed by atoms with E-state index < -0.39 is 15.8 Å². The van der Waals surface area contributed by atoms with Crippen LogP contribution in [0.2, 0.25) is 0 Å². The van der Waals surface area contributed by atoms with Crippen LogP contribution in [-0.2, 0) is 10.0 Å². The molecule has 1 unspecified atom stereocenters. The number of benzene rings is 1. The molecule has 2 rings (SSSR count). The van der Waals surface area contributed by atoms with Crippen LogP contribution >= 0.6 is 0 Å². The number of rotatable bonds is 10. The predicted octanol–water partition coefficient (Wildman–Crippen LogP) is 1.48. The quantitative estimate of drug-likeness (QED) is 0.409. The molecule has 0 amide bonds. The fourth-order valence-electron chi connectivity index (χ4n) is 2.58. The summed E-state index contributed by atoms with van der Waals surface area (Å²) in [6, 6.07) is 6.22. The Morgan fingerprint density at radius 1 is 1.33 bits per heavy atom. The van der Waals surface area contributed by atoms with Crippen molar-refractivity contribution >= 4 is 16.0 Å². The molecule has 9 heteroatoms. The van der Waals surface area contributed by atoms with Crippen molar-refractivity contribution in [3.63, 3.8) is 0 Å². The van der Waals surface area contributed by atoms with Crippen LogP contribution in [0, 0.1) is 11.7 Å². The van der Waals surface area contributed by atoms with E-state index in [4.69, 9.17) is 4.74 Å². The number of halogens is 1. The fraction of sp³-hybridized carbons (Fsp3) is 0.611. The van der Waals surface area contributed by atoms with E-state index in [1.807, 2.05) is 6.92 Å². The molecule has 0 radical (unpaired) electrons. The molecule has 0 spiro atoms. The number of hydrogen-bond donors (Lipinski definition) is 3. The van der Waals surface area contributed by atoms with Gasteiger partial charge in [-0.25, -0.2) is 17.5 Å². The maximum atomic E-state index is 13.6. The Kier molecular flexibility index (Phi) is 8.30. The molecule has 1 aliphatic carbocycles. The van der Waals surface area contributed by atoms with Crippen molar-refractivity contribution in [3.8, 4) is 5.75 Å². The second-order valence-electron chi connectivity index (χ2n) is 6.70. The van der Waals surface area contributed by atoms with Crippen molar-refractivity contribution in [2.45, 2.75) is 32.3 Å². The van der Waals surface area contributed by atoms with Crippen LogP contribution in [0.1, 0.15) is 26.2 Å². The number of sulfonamides is 1. The molecule has 0 aliphatic heterocycles. The first-order valence-electron chi connectivity index (χ1n) is 9.22. The van der Waals surface area contributed by atoms with Crippen LogP contribution < -0.4 is 20.1 Å². The molecule has 3 N–H and O–H groups in total. The van der Waals surface area contributed by atoms with Gasteiger partial charge < -0.3 is 15.4 Å².